The van der Waals surface area contributed by atoms with Crippen molar-refractivity contribution in [1.82, 2.24) is 14.5 Å². The van der Waals surface area contributed by atoms with E-state index in [4.69, 9.17) is 11.6 Å². The summed E-state index contributed by atoms with van der Waals surface area (Å²) in [6, 6.07) is 0.383. The van der Waals surface area contributed by atoms with Gasteiger partial charge >= 0.3 is 0 Å². The lowest BCUT2D eigenvalue weighted by molar-refractivity contribution is 0.621. The highest BCUT2D eigenvalue weighted by Gasteiger charge is 2.10. The van der Waals surface area contributed by atoms with Crippen LogP contribution < -0.4 is 0 Å². The number of hydrogen-bond acceptors (Lipinski definition) is 2. The summed E-state index contributed by atoms with van der Waals surface area (Å²) in [6.07, 6.45) is 3.75. The van der Waals surface area contributed by atoms with E-state index in [1.165, 1.54) is 0 Å². The second-order valence-corrected chi connectivity index (χ2v) is 4.54. The molecule has 0 atom stereocenters. The molecule has 0 aliphatic rings. The average molecular weight is 275 g/mol. The van der Waals surface area contributed by atoms with E-state index >= 15 is 0 Å². The Labute approximate surface area is 95.2 Å². The Balaban J connectivity index is 2.77. The van der Waals surface area contributed by atoms with E-state index in [2.05, 4.69) is 44.3 Å². The fourth-order valence-electron chi connectivity index (χ4n) is 1.40. The lowest BCUT2D eigenvalue weighted by Crippen LogP contribution is -1.98. The van der Waals surface area contributed by atoms with Gasteiger partial charge in [0.15, 0.2) is 0 Å². The molecule has 0 aliphatic heterocycles. The predicted octanol–water partition coefficient (Wildman–Crippen LogP) is 3.43. The summed E-state index contributed by atoms with van der Waals surface area (Å²) >= 11 is 9.18. The van der Waals surface area contributed by atoms with E-state index in [0.717, 1.165) is 15.5 Å². The summed E-state index contributed by atoms with van der Waals surface area (Å²) in [5.41, 5.74) is 1.86. The number of rotatable bonds is 1. The van der Waals surface area contributed by atoms with Crippen LogP contribution in [-0.2, 0) is 0 Å². The number of aromatic nitrogens is 3. The number of nitrogens with zero attached hydrogens (tertiary/aromatic N) is 3. The lowest BCUT2D eigenvalue weighted by atomic mass is 10.4. The molecule has 0 fully saturated rings. The summed E-state index contributed by atoms with van der Waals surface area (Å²) in [6.45, 7) is 4.22. The van der Waals surface area contributed by atoms with Gasteiger partial charge < -0.3 is 4.57 Å². The van der Waals surface area contributed by atoms with Crippen molar-refractivity contribution in [2.24, 2.45) is 0 Å². The van der Waals surface area contributed by atoms with Gasteiger partial charge in [-0.05, 0) is 41.4 Å². The first-order chi connectivity index (χ1) is 6.59. The molecule has 0 saturated carbocycles. The van der Waals surface area contributed by atoms with E-state index in [0.29, 0.717) is 6.04 Å². The molecular formula is C9H9BrClN3. The van der Waals surface area contributed by atoms with Crippen molar-refractivity contribution in [3.05, 3.63) is 22.1 Å². The molecule has 2 aromatic rings. The smallest absolute Gasteiger partial charge is 0.223 e. The van der Waals surface area contributed by atoms with Gasteiger partial charge in [0.2, 0.25) is 5.28 Å². The fourth-order valence-corrected chi connectivity index (χ4v) is 2.04. The van der Waals surface area contributed by atoms with Gasteiger partial charge in [0, 0.05) is 12.2 Å². The molecular weight excluding hydrogens is 265 g/mol. The van der Waals surface area contributed by atoms with Gasteiger partial charge in [0.05, 0.1) is 16.2 Å². The average Bonchev–Trinajstić information content (AvgIpc) is 2.44. The SMILES string of the molecule is CC(C)n1cc(Br)c2nc(Cl)ncc21. The largest absolute Gasteiger partial charge is 0.341 e. The molecule has 0 N–H and O–H groups in total. The van der Waals surface area contributed by atoms with Crippen molar-refractivity contribution in [1.29, 1.82) is 0 Å². The number of hydrogen-bond donors (Lipinski definition) is 0. The monoisotopic (exact) mass is 273 g/mol. The van der Waals surface area contributed by atoms with Gasteiger partial charge in [-0.2, -0.15) is 0 Å². The normalized spacial score (nSPS) is 11.5. The van der Waals surface area contributed by atoms with Crippen LogP contribution in [0.2, 0.25) is 5.28 Å². The van der Waals surface area contributed by atoms with Gasteiger partial charge in [-0.25, -0.2) is 9.97 Å². The Morgan fingerprint density at radius 2 is 2.21 bits per heavy atom. The highest BCUT2D eigenvalue weighted by Crippen LogP contribution is 2.27. The maximum Gasteiger partial charge on any atom is 0.223 e. The van der Waals surface area contributed by atoms with E-state index in [-0.39, 0.29) is 5.28 Å². The Morgan fingerprint density at radius 1 is 1.50 bits per heavy atom. The third-order valence-corrected chi connectivity index (χ3v) is 2.82. The molecule has 0 saturated heterocycles. The quantitative estimate of drug-likeness (QED) is 0.746. The second-order valence-electron chi connectivity index (χ2n) is 3.35. The van der Waals surface area contributed by atoms with E-state index in [1.54, 1.807) is 6.20 Å². The maximum absolute atomic E-state index is 5.73. The van der Waals surface area contributed by atoms with Crippen molar-refractivity contribution in [3.63, 3.8) is 0 Å². The van der Waals surface area contributed by atoms with Crippen molar-refractivity contribution in [3.8, 4) is 0 Å². The van der Waals surface area contributed by atoms with Crippen molar-refractivity contribution >= 4 is 38.6 Å². The van der Waals surface area contributed by atoms with Gasteiger partial charge in [-0.1, -0.05) is 0 Å². The van der Waals surface area contributed by atoms with Crippen molar-refractivity contribution in [2.75, 3.05) is 0 Å². The zero-order chi connectivity index (χ0) is 10.3. The molecule has 0 amide bonds. The predicted molar refractivity (Wildman–Crippen MR) is 60.6 cm³/mol. The topological polar surface area (TPSA) is 30.7 Å². The minimum atomic E-state index is 0.278. The zero-order valence-corrected chi connectivity index (χ0v) is 10.2. The van der Waals surface area contributed by atoms with Crippen LogP contribution in [0, 0.1) is 0 Å². The molecule has 0 unspecified atom stereocenters. The lowest BCUT2D eigenvalue weighted by Gasteiger charge is -2.07. The molecule has 74 valence electrons. The van der Waals surface area contributed by atoms with Crippen LogP contribution in [0.3, 0.4) is 0 Å². The van der Waals surface area contributed by atoms with Crippen molar-refractivity contribution < 1.29 is 0 Å². The molecule has 0 radical (unpaired) electrons. The molecule has 0 bridgehead atoms. The molecule has 0 aliphatic carbocycles. The molecule has 14 heavy (non-hydrogen) atoms. The molecule has 3 nitrogen and oxygen atoms in total. The van der Waals surface area contributed by atoms with E-state index in [1.807, 2.05) is 6.20 Å². The minimum absolute atomic E-state index is 0.278. The highest BCUT2D eigenvalue weighted by molar-refractivity contribution is 9.10. The Kier molecular flexibility index (Phi) is 2.49. The zero-order valence-electron chi connectivity index (χ0n) is 7.83. The van der Waals surface area contributed by atoms with E-state index < -0.39 is 0 Å². The van der Waals surface area contributed by atoms with Gasteiger partial charge in [-0.15, -0.1) is 0 Å². The molecule has 2 rings (SSSR count). The molecule has 0 aromatic carbocycles. The van der Waals surface area contributed by atoms with Gasteiger partial charge in [0.25, 0.3) is 0 Å². The number of fused-ring (bicyclic) bond motifs is 1. The third-order valence-electron chi connectivity index (χ3n) is 2.05. The molecule has 2 heterocycles. The van der Waals surface area contributed by atoms with Crippen LogP contribution in [0.15, 0.2) is 16.9 Å². The van der Waals surface area contributed by atoms with Gasteiger partial charge in [-0.3, -0.25) is 0 Å². The Morgan fingerprint density at radius 3 is 2.86 bits per heavy atom. The highest BCUT2D eigenvalue weighted by atomic mass is 79.9. The van der Waals surface area contributed by atoms with E-state index in [9.17, 15) is 0 Å². The molecule has 5 heteroatoms. The minimum Gasteiger partial charge on any atom is -0.341 e. The van der Waals surface area contributed by atoms with Crippen LogP contribution >= 0.6 is 27.5 Å². The second kappa shape index (κ2) is 3.51. The Hall–Kier alpha value is -0.610. The first-order valence-corrected chi connectivity index (χ1v) is 5.45. The Bertz CT molecular complexity index is 478. The summed E-state index contributed by atoms with van der Waals surface area (Å²) in [4.78, 5) is 8.14. The van der Waals surface area contributed by atoms with Crippen LogP contribution in [0.5, 0.6) is 0 Å². The number of halogens is 2. The van der Waals surface area contributed by atoms with Gasteiger partial charge in [0.1, 0.15) is 5.52 Å². The van der Waals surface area contributed by atoms with Crippen molar-refractivity contribution in [2.45, 2.75) is 19.9 Å². The van der Waals surface area contributed by atoms with Crippen LogP contribution in [0.25, 0.3) is 11.0 Å². The summed E-state index contributed by atoms with van der Waals surface area (Å²) in [7, 11) is 0. The first-order valence-electron chi connectivity index (χ1n) is 4.28. The summed E-state index contributed by atoms with van der Waals surface area (Å²) in [5.74, 6) is 0. The third kappa shape index (κ3) is 1.53. The summed E-state index contributed by atoms with van der Waals surface area (Å²) in [5, 5.41) is 0.278. The van der Waals surface area contributed by atoms with Crippen LogP contribution in [-0.4, -0.2) is 14.5 Å². The van der Waals surface area contributed by atoms with Crippen LogP contribution in [0.4, 0.5) is 0 Å². The molecule has 2 aromatic heterocycles. The summed E-state index contributed by atoms with van der Waals surface area (Å²) < 4.78 is 3.06. The maximum atomic E-state index is 5.73. The fraction of sp³-hybridized carbons (Fsp3) is 0.333. The van der Waals surface area contributed by atoms with Crippen LogP contribution in [0.1, 0.15) is 19.9 Å². The standard InChI is InChI=1S/C9H9BrClN3/c1-5(2)14-4-6(10)8-7(14)3-12-9(11)13-8/h3-5H,1-2H3. The first kappa shape index (κ1) is 9.93. The molecule has 0 spiro atoms.